The highest BCUT2D eigenvalue weighted by atomic mass is 16.5. The highest BCUT2D eigenvalue weighted by Gasteiger charge is 2.55. The van der Waals surface area contributed by atoms with Crippen molar-refractivity contribution in [2.45, 2.75) is 57.2 Å². The molecule has 0 saturated heterocycles. The quantitative estimate of drug-likeness (QED) is 0.294. The molecular weight excluding hydrogens is 468 g/mol. The molecule has 0 spiro atoms. The first-order valence-corrected chi connectivity index (χ1v) is 13.4. The predicted octanol–water partition coefficient (Wildman–Crippen LogP) is 2.91. The topological polar surface area (TPSA) is 135 Å². The summed E-state index contributed by atoms with van der Waals surface area (Å²) in [7, 11) is 1.66. The Morgan fingerprint density at radius 2 is 1.97 bits per heavy atom. The summed E-state index contributed by atoms with van der Waals surface area (Å²) in [6.45, 7) is 1.88. The highest BCUT2D eigenvalue weighted by molar-refractivity contribution is 5.53. The first kappa shape index (κ1) is 25.7. The van der Waals surface area contributed by atoms with Gasteiger partial charge in [0.1, 0.15) is 23.2 Å². The number of benzene rings is 1. The number of nitrogens with zero attached hydrogens (tertiary/aromatic N) is 3. The molecule has 4 bridgehead atoms. The number of methoxy groups -OCH3 is 1. The molecule has 1 aromatic carbocycles. The lowest BCUT2D eigenvalue weighted by Gasteiger charge is -2.60. The summed E-state index contributed by atoms with van der Waals surface area (Å²) >= 11 is 0. The van der Waals surface area contributed by atoms with Crippen molar-refractivity contribution < 1.29 is 14.9 Å². The van der Waals surface area contributed by atoms with E-state index in [1.807, 2.05) is 24.3 Å². The zero-order chi connectivity index (χ0) is 25.8. The van der Waals surface area contributed by atoms with Crippen LogP contribution in [0.15, 0.2) is 30.5 Å². The lowest BCUT2D eigenvalue weighted by atomic mass is 9.48. The van der Waals surface area contributed by atoms with Crippen LogP contribution in [0, 0.1) is 34.5 Å². The Kier molecular flexibility index (Phi) is 7.79. The zero-order valence-corrected chi connectivity index (χ0v) is 21.5. The predicted molar refractivity (Wildman–Crippen MR) is 141 cm³/mol. The summed E-state index contributed by atoms with van der Waals surface area (Å²) in [5.74, 6) is 3.82. The molecule has 37 heavy (non-hydrogen) atoms. The van der Waals surface area contributed by atoms with Gasteiger partial charge in [0, 0.05) is 37.8 Å². The lowest BCUT2D eigenvalue weighted by molar-refractivity contribution is -0.0714. The second-order valence-electron chi connectivity index (χ2n) is 11.2. The molecule has 4 aliphatic carbocycles. The Morgan fingerprint density at radius 3 is 2.70 bits per heavy atom. The largest absolute Gasteiger partial charge is 0.496 e. The molecule has 2 unspecified atom stereocenters. The van der Waals surface area contributed by atoms with Gasteiger partial charge in [-0.25, -0.2) is 4.98 Å². The van der Waals surface area contributed by atoms with Crippen LogP contribution in [0.4, 0.5) is 11.8 Å². The van der Waals surface area contributed by atoms with Gasteiger partial charge in [-0.15, -0.1) is 0 Å². The van der Waals surface area contributed by atoms with Crippen molar-refractivity contribution in [1.29, 1.82) is 5.26 Å². The molecular formula is C28H38N6O3. The highest BCUT2D eigenvalue weighted by Crippen LogP contribution is 2.60. The molecule has 9 heteroatoms. The maximum atomic E-state index is 10.1. The van der Waals surface area contributed by atoms with E-state index in [1.165, 1.54) is 19.3 Å². The third kappa shape index (κ3) is 5.66. The van der Waals surface area contributed by atoms with Crippen LogP contribution in [0.2, 0.25) is 0 Å². The average molecular weight is 507 g/mol. The number of rotatable bonds is 12. The van der Waals surface area contributed by atoms with Crippen molar-refractivity contribution in [3.05, 3.63) is 41.6 Å². The number of aliphatic hydroxyl groups is 2. The number of para-hydroxylation sites is 1. The van der Waals surface area contributed by atoms with Crippen LogP contribution in [-0.2, 0) is 6.54 Å². The van der Waals surface area contributed by atoms with Crippen molar-refractivity contribution in [3.63, 3.8) is 0 Å². The number of hydrogen-bond donors (Lipinski definition) is 5. The molecule has 4 fully saturated rings. The van der Waals surface area contributed by atoms with Crippen LogP contribution in [0.5, 0.6) is 5.75 Å². The number of aliphatic hydroxyl groups excluding tert-OH is 2. The second kappa shape index (κ2) is 11.2. The van der Waals surface area contributed by atoms with Gasteiger partial charge >= 0.3 is 0 Å². The standard InChI is InChI=1S/C28H38N6O3/c1-37-24-5-3-2-4-19(24)14-31-27-32-15-22(13-29)26(34-27)33-17-28-10-18-8-20(11-28)25(21(9-18)12-28)30-16-23(36)6-7-35/h2-5,15,18,20-21,23,25,30,35-36H,6-12,14,16-17H2,1H3,(H2,31,32,33,34)/t18?,20-,21+,23?,25-,28-. The minimum absolute atomic E-state index is 0.0165. The summed E-state index contributed by atoms with van der Waals surface area (Å²) in [5.41, 5.74) is 1.67. The van der Waals surface area contributed by atoms with Gasteiger partial charge in [0.05, 0.1) is 19.4 Å². The minimum atomic E-state index is -0.495. The van der Waals surface area contributed by atoms with E-state index in [0.29, 0.717) is 54.7 Å². The molecule has 0 radical (unpaired) electrons. The van der Waals surface area contributed by atoms with Gasteiger partial charge in [0.25, 0.3) is 0 Å². The number of nitriles is 1. The molecule has 1 heterocycles. The summed E-state index contributed by atoms with van der Waals surface area (Å²) in [4.78, 5) is 9.00. The lowest BCUT2D eigenvalue weighted by Crippen LogP contribution is -2.60. The van der Waals surface area contributed by atoms with Crippen molar-refractivity contribution in [1.82, 2.24) is 15.3 Å². The van der Waals surface area contributed by atoms with Crippen LogP contribution in [0.1, 0.15) is 49.7 Å². The number of hydrogen-bond acceptors (Lipinski definition) is 9. The molecule has 5 N–H and O–H groups in total. The van der Waals surface area contributed by atoms with Crippen molar-refractivity contribution in [3.8, 4) is 11.8 Å². The Balaban J connectivity index is 1.23. The summed E-state index contributed by atoms with van der Waals surface area (Å²) in [6.07, 6.45) is 7.52. The molecule has 0 aliphatic heterocycles. The molecule has 6 rings (SSSR count). The average Bonchev–Trinajstić information content (AvgIpc) is 2.90. The van der Waals surface area contributed by atoms with E-state index in [1.54, 1.807) is 13.3 Å². The Hall–Kier alpha value is -2.93. The molecule has 4 saturated carbocycles. The molecule has 9 nitrogen and oxygen atoms in total. The number of nitrogens with one attached hydrogen (secondary N) is 3. The van der Waals surface area contributed by atoms with Crippen molar-refractivity contribution in [2.24, 2.45) is 23.2 Å². The van der Waals surface area contributed by atoms with Gasteiger partial charge in [-0.2, -0.15) is 10.2 Å². The number of aromatic nitrogens is 2. The van der Waals surface area contributed by atoms with Crippen LogP contribution >= 0.6 is 0 Å². The number of anilines is 2. The van der Waals surface area contributed by atoms with Gasteiger partial charge in [-0.3, -0.25) is 0 Å². The third-order valence-corrected chi connectivity index (χ3v) is 8.62. The van der Waals surface area contributed by atoms with Crippen LogP contribution < -0.4 is 20.7 Å². The zero-order valence-electron chi connectivity index (χ0n) is 21.5. The van der Waals surface area contributed by atoms with Crippen molar-refractivity contribution >= 4 is 11.8 Å². The Bertz CT molecular complexity index is 1110. The Morgan fingerprint density at radius 1 is 1.19 bits per heavy atom. The van der Waals surface area contributed by atoms with Gasteiger partial charge < -0.3 is 30.9 Å². The van der Waals surface area contributed by atoms with Gasteiger partial charge in [-0.1, -0.05) is 18.2 Å². The molecule has 1 aromatic heterocycles. The fourth-order valence-corrected chi connectivity index (χ4v) is 7.24. The van der Waals surface area contributed by atoms with E-state index < -0.39 is 6.10 Å². The SMILES string of the molecule is COc1ccccc1CNc1ncc(C#N)c(NC[C@]23CC4C[C@H](C2)[C@@H](NCC(O)CCO)[C@@H](C4)C3)n1. The minimum Gasteiger partial charge on any atom is -0.496 e. The van der Waals surface area contributed by atoms with Gasteiger partial charge in [0.15, 0.2) is 0 Å². The number of ether oxygens (including phenoxy) is 1. The molecule has 6 atom stereocenters. The maximum Gasteiger partial charge on any atom is 0.224 e. The Labute approximate surface area is 218 Å². The van der Waals surface area contributed by atoms with Crippen LogP contribution in [0.3, 0.4) is 0 Å². The third-order valence-electron chi connectivity index (χ3n) is 8.62. The first-order valence-electron chi connectivity index (χ1n) is 13.4. The molecule has 0 amide bonds. The van der Waals surface area contributed by atoms with Gasteiger partial charge in [0.2, 0.25) is 5.95 Å². The molecule has 4 aliphatic rings. The summed E-state index contributed by atoms with van der Waals surface area (Å²) in [6, 6.07) is 10.5. The van der Waals surface area contributed by atoms with Gasteiger partial charge in [-0.05, 0) is 67.8 Å². The molecule has 2 aromatic rings. The van der Waals surface area contributed by atoms with E-state index in [9.17, 15) is 10.4 Å². The first-order chi connectivity index (χ1) is 18.0. The maximum absolute atomic E-state index is 10.1. The van der Waals surface area contributed by atoms with E-state index in [2.05, 4.69) is 32.0 Å². The van der Waals surface area contributed by atoms with Crippen LogP contribution in [0.25, 0.3) is 0 Å². The monoisotopic (exact) mass is 506 g/mol. The smallest absolute Gasteiger partial charge is 0.224 e. The fourth-order valence-electron chi connectivity index (χ4n) is 7.24. The normalized spacial score (nSPS) is 28.5. The van der Waals surface area contributed by atoms with E-state index >= 15 is 0 Å². The fraction of sp³-hybridized carbons (Fsp3) is 0.607. The summed E-state index contributed by atoms with van der Waals surface area (Å²) in [5, 5.41) is 39.3. The van der Waals surface area contributed by atoms with Crippen molar-refractivity contribution in [2.75, 3.05) is 37.4 Å². The second-order valence-corrected chi connectivity index (χ2v) is 11.2. The van der Waals surface area contributed by atoms with E-state index in [4.69, 9.17) is 9.84 Å². The summed E-state index contributed by atoms with van der Waals surface area (Å²) < 4.78 is 5.43. The molecule has 198 valence electrons. The van der Waals surface area contributed by atoms with E-state index in [-0.39, 0.29) is 12.0 Å². The van der Waals surface area contributed by atoms with Crippen LogP contribution in [-0.4, -0.2) is 59.1 Å². The van der Waals surface area contributed by atoms with E-state index in [0.717, 1.165) is 36.6 Å².